The van der Waals surface area contributed by atoms with Crippen LogP contribution in [0.15, 0.2) is 35.3 Å². The standard InChI is InChI=1S/C12H16N2O.ClH/c15-9-6-12(14-8-7-13-10-14)11-4-2-1-3-5-11;/h1-5,10,12,15H,6-9H2;1H. The van der Waals surface area contributed by atoms with Gasteiger partial charge < -0.3 is 10.0 Å². The molecule has 0 spiro atoms. The molecule has 1 aromatic carbocycles. The molecule has 1 N–H and O–H groups in total. The van der Waals surface area contributed by atoms with Crippen molar-refractivity contribution >= 4 is 18.7 Å². The van der Waals surface area contributed by atoms with Gasteiger partial charge in [-0.2, -0.15) is 0 Å². The molecular formula is C12H17ClN2O. The maximum Gasteiger partial charge on any atom is 0.0856 e. The molecule has 16 heavy (non-hydrogen) atoms. The first-order valence-electron chi connectivity index (χ1n) is 5.33. The number of hydrogen-bond acceptors (Lipinski definition) is 3. The van der Waals surface area contributed by atoms with Crippen molar-refractivity contribution in [1.29, 1.82) is 0 Å². The minimum Gasteiger partial charge on any atom is -0.396 e. The Hall–Kier alpha value is -1.06. The van der Waals surface area contributed by atoms with Gasteiger partial charge in [0.2, 0.25) is 0 Å². The summed E-state index contributed by atoms with van der Waals surface area (Å²) < 4.78 is 0. The highest BCUT2D eigenvalue weighted by Crippen LogP contribution is 2.23. The van der Waals surface area contributed by atoms with Gasteiger partial charge in [-0.25, -0.2) is 0 Å². The van der Waals surface area contributed by atoms with Crippen LogP contribution in [0, 0.1) is 0 Å². The zero-order valence-electron chi connectivity index (χ0n) is 9.12. The quantitative estimate of drug-likeness (QED) is 0.872. The average Bonchev–Trinajstić information content (AvgIpc) is 2.80. The molecule has 88 valence electrons. The summed E-state index contributed by atoms with van der Waals surface area (Å²) in [5.41, 5.74) is 1.25. The summed E-state index contributed by atoms with van der Waals surface area (Å²) in [7, 11) is 0. The molecular weight excluding hydrogens is 224 g/mol. The van der Waals surface area contributed by atoms with Crippen LogP contribution in [0.3, 0.4) is 0 Å². The Morgan fingerprint density at radius 1 is 1.31 bits per heavy atom. The molecule has 0 amide bonds. The minimum atomic E-state index is 0. The van der Waals surface area contributed by atoms with E-state index in [1.807, 2.05) is 24.5 Å². The van der Waals surface area contributed by atoms with E-state index in [4.69, 9.17) is 5.11 Å². The van der Waals surface area contributed by atoms with Crippen molar-refractivity contribution in [3.05, 3.63) is 35.9 Å². The SMILES string of the molecule is Cl.OCCC(c1ccccc1)N1C=NCC1. The summed E-state index contributed by atoms with van der Waals surface area (Å²) in [5.74, 6) is 0. The second kappa shape index (κ2) is 6.51. The fourth-order valence-corrected chi connectivity index (χ4v) is 1.95. The Bertz CT molecular complexity index is 329. The van der Waals surface area contributed by atoms with Crippen LogP contribution in [0.2, 0.25) is 0 Å². The highest BCUT2D eigenvalue weighted by molar-refractivity contribution is 5.85. The zero-order chi connectivity index (χ0) is 10.5. The van der Waals surface area contributed by atoms with Gasteiger partial charge in [-0.3, -0.25) is 4.99 Å². The molecule has 0 aliphatic carbocycles. The third-order valence-corrected chi connectivity index (χ3v) is 2.70. The Morgan fingerprint density at radius 2 is 2.06 bits per heavy atom. The molecule has 0 saturated heterocycles. The summed E-state index contributed by atoms with van der Waals surface area (Å²) in [6.45, 7) is 2.04. The molecule has 0 bridgehead atoms. The van der Waals surface area contributed by atoms with Crippen LogP contribution < -0.4 is 0 Å². The molecule has 0 saturated carbocycles. The number of aliphatic hydroxyl groups excluding tert-OH is 1. The van der Waals surface area contributed by atoms with E-state index in [-0.39, 0.29) is 25.1 Å². The van der Waals surface area contributed by atoms with Gasteiger partial charge in [-0.05, 0) is 12.0 Å². The monoisotopic (exact) mass is 240 g/mol. The molecule has 1 heterocycles. The molecule has 0 fully saturated rings. The van der Waals surface area contributed by atoms with E-state index in [1.165, 1.54) is 5.56 Å². The van der Waals surface area contributed by atoms with Crippen molar-refractivity contribution in [2.75, 3.05) is 19.7 Å². The van der Waals surface area contributed by atoms with Crippen molar-refractivity contribution in [3.8, 4) is 0 Å². The van der Waals surface area contributed by atoms with E-state index in [2.05, 4.69) is 22.0 Å². The summed E-state index contributed by atoms with van der Waals surface area (Å²) in [4.78, 5) is 6.41. The second-order valence-corrected chi connectivity index (χ2v) is 3.70. The lowest BCUT2D eigenvalue weighted by molar-refractivity contribution is 0.230. The first-order chi connectivity index (χ1) is 7.42. The van der Waals surface area contributed by atoms with Crippen molar-refractivity contribution in [2.45, 2.75) is 12.5 Å². The van der Waals surface area contributed by atoms with Crippen molar-refractivity contribution in [3.63, 3.8) is 0 Å². The first-order valence-corrected chi connectivity index (χ1v) is 5.33. The summed E-state index contributed by atoms with van der Waals surface area (Å²) >= 11 is 0. The lowest BCUT2D eigenvalue weighted by atomic mass is 10.0. The number of nitrogens with zero attached hydrogens (tertiary/aromatic N) is 2. The molecule has 1 atom stereocenters. The topological polar surface area (TPSA) is 35.8 Å². The highest BCUT2D eigenvalue weighted by Gasteiger charge is 2.19. The van der Waals surface area contributed by atoms with Gasteiger partial charge in [0.15, 0.2) is 0 Å². The van der Waals surface area contributed by atoms with Crippen molar-refractivity contribution in [1.82, 2.24) is 4.90 Å². The molecule has 1 unspecified atom stereocenters. The Morgan fingerprint density at radius 3 is 2.62 bits per heavy atom. The van der Waals surface area contributed by atoms with Gasteiger partial charge in [0, 0.05) is 13.2 Å². The van der Waals surface area contributed by atoms with E-state index in [0.29, 0.717) is 0 Å². The number of hydrogen-bond donors (Lipinski definition) is 1. The van der Waals surface area contributed by atoms with E-state index < -0.39 is 0 Å². The largest absolute Gasteiger partial charge is 0.396 e. The lowest BCUT2D eigenvalue weighted by Crippen LogP contribution is -2.26. The van der Waals surface area contributed by atoms with E-state index in [0.717, 1.165) is 19.5 Å². The summed E-state index contributed by atoms with van der Waals surface area (Å²) in [6.07, 6.45) is 2.66. The van der Waals surface area contributed by atoms with E-state index in [1.54, 1.807) is 0 Å². The molecule has 1 aliphatic rings. The van der Waals surface area contributed by atoms with Crippen LogP contribution in [0.1, 0.15) is 18.0 Å². The highest BCUT2D eigenvalue weighted by atomic mass is 35.5. The maximum atomic E-state index is 9.09. The van der Waals surface area contributed by atoms with Crippen LogP contribution in [0.5, 0.6) is 0 Å². The molecule has 1 aliphatic heterocycles. The number of aliphatic hydroxyl groups is 1. The van der Waals surface area contributed by atoms with Crippen molar-refractivity contribution < 1.29 is 5.11 Å². The predicted molar refractivity (Wildman–Crippen MR) is 68.2 cm³/mol. The number of halogens is 1. The third kappa shape index (κ3) is 2.97. The lowest BCUT2D eigenvalue weighted by Gasteiger charge is -2.26. The zero-order valence-corrected chi connectivity index (χ0v) is 9.94. The maximum absolute atomic E-state index is 9.09. The number of aliphatic imine (C=N–C) groups is 1. The van der Waals surface area contributed by atoms with Gasteiger partial charge in [0.1, 0.15) is 0 Å². The Labute approximate surface area is 102 Å². The molecule has 2 rings (SSSR count). The van der Waals surface area contributed by atoms with Gasteiger partial charge in [0.05, 0.1) is 18.9 Å². The number of rotatable bonds is 4. The second-order valence-electron chi connectivity index (χ2n) is 3.70. The molecule has 1 aromatic rings. The third-order valence-electron chi connectivity index (χ3n) is 2.70. The molecule has 0 aromatic heterocycles. The summed E-state index contributed by atoms with van der Waals surface area (Å²) in [6, 6.07) is 10.6. The van der Waals surface area contributed by atoms with Crippen LogP contribution in [-0.2, 0) is 0 Å². The fraction of sp³-hybridized carbons (Fsp3) is 0.417. The van der Waals surface area contributed by atoms with Gasteiger partial charge in [-0.15, -0.1) is 12.4 Å². The van der Waals surface area contributed by atoms with E-state index in [9.17, 15) is 0 Å². The average molecular weight is 241 g/mol. The van der Waals surface area contributed by atoms with Gasteiger partial charge >= 0.3 is 0 Å². The molecule has 0 radical (unpaired) electrons. The van der Waals surface area contributed by atoms with Crippen LogP contribution in [-0.4, -0.2) is 36.0 Å². The summed E-state index contributed by atoms with van der Waals surface area (Å²) in [5, 5.41) is 9.09. The fourth-order valence-electron chi connectivity index (χ4n) is 1.95. The smallest absolute Gasteiger partial charge is 0.0856 e. The van der Waals surface area contributed by atoms with Crippen LogP contribution in [0.4, 0.5) is 0 Å². The molecule has 3 nitrogen and oxygen atoms in total. The van der Waals surface area contributed by atoms with Crippen LogP contribution in [0.25, 0.3) is 0 Å². The Kier molecular flexibility index (Phi) is 5.29. The Balaban J connectivity index is 0.00000128. The van der Waals surface area contributed by atoms with Crippen molar-refractivity contribution in [2.24, 2.45) is 4.99 Å². The minimum absolute atomic E-state index is 0. The van der Waals surface area contributed by atoms with Crippen LogP contribution >= 0.6 is 12.4 Å². The number of benzene rings is 1. The normalized spacial score (nSPS) is 15.9. The van der Waals surface area contributed by atoms with E-state index >= 15 is 0 Å². The molecule has 4 heteroatoms. The van der Waals surface area contributed by atoms with Gasteiger partial charge in [0.25, 0.3) is 0 Å². The van der Waals surface area contributed by atoms with Gasteiger partial charge in [-0.1, -0.05) is 30.3 Å². The predicted octanol–water partition coefficient (Wildman–Crippen LogP) is 1.88. The first kappa shape index (κ1) is 13.0.